The van der Waals surface area contributed by atoms with Crippen molar-refractivity contribution in [3.8, 4) is 17.6 Å². The Morgan fingerprint density at radius 2 is 2.07 bits per heavy atom. The van der Waals surface area contributed by atoms with Gasteiger partial charge in [-0.1, -0.05) is 25.1 Å². The van der Waals surface area contributed by atoms with Gasteiger partial charge < -0.3 is 9.84 Å². The normalized spacial score (nSPS) is 11.3. The summed E-state index contributed by atoms with van der Waals surface area (Å²) < 4.78 is 7.08. The maximum atomic E-state index is 10.3. The molecule has 0 aliphatic rings. The third-order valence-corrected chi connectivity index (χ3v) is 5.21. The number of imidazole rings is 1. The van der Waals surface area contributed by atoms with Gasteiger partial charge in [-0.25, -0.2) is 4.98 Å². The lowest BCUT2D eigenvalue weighted by Crippen LogP contribution is -2.07. The number of phenolic OH excluding ortho intramolecular Hbond substituents is 1. The van der Waals surface area contributed by atoms with Gasteiger partial charge in [-0.2, -0.15) is 10.4 Å². The minimum absolute atomic E-state index is 0.0236. The van der Waals surface area contributed by atoms with Crippen molar-refractivity contribution in [1.82, 2.24) is 9.38 Å². The molecule has 0 bridgehead atoms. The Morgan fingerprint density at radius 3 is 2.80 bits per heavy atom. The Kier molecular flexibility index (Phi) is 4.98. The maximum Gasteiger partial charge on any atom is 0.166 e. The number of ether oxygens (including phenoxy) is 1. The summed E-state index contributed by atoms with van der Waals surface area (Å²) >= 11 is 0. The van der Waals surface area contributed by atoms with Crippen LogP contribution in [0.1, 0.15) is 29.2 Å². The highest BCUT2D eigenvalue weighted by Gasteiger charge is 2.19. The van der Waals surface area contributed by atoms with Gasteiger partial charge in [-0.05, 0) is 48.7 Å². The van der Waals surface area contributed by atoms with Gasteiger partial charge in [0.15, 0.2) is 17.1 Å². The standard InChI is InChI=1S/C23H21N5O2/c1-4-16-14(2)17(12-24)22-26-18-9-5-6-10-19(18)28(22)23(16)27-25-13-15-8-7-11-20(30-3)21(15)29/h5-11,13,27,29H,4H2,1-3H3/b25-13-. The van der Waals surface area contributed by atoms with E-state index >= 15 is 0 Å². The van der Waals surface area contributed by atoms with E-state index in [1.54, 1.807) is 18.2 Å². The topological polar surface area (TPSA) is 94.9 Å². The quantitative estimate of drug-likeness (QED) is 0.383. The number of nitrogens with one attached hydrogen (secondary N) is 1. The van der Waals surface area contributed by atoms with Gasteiger partial charge in [0.1, 0.15) is 11.9 Å². The van der Waals surface area contributed by atoms with Crippen LogP contribution in [0.25, 0.3) is 16.7 Å². The van der Waals surface area contributed by atoms with Crippen molar-refractivity contribution in [2.75, 3.05) is 12.5 Å². The number of hydrogen-bond donors (Lipinski definition) is 2. The van der Waals surface area contributed by atoms with Crippen molar-refractivity contribution in [1.29, 1.82) is 5.26 Å². The predicted octanol–water partition coefficient (Wildman–Crippen LogP) is 4.39. The third-order valence-electron chi connectivity index (χ3n) is 5.21. The van der Waals surface area contributed by atoms with E-state index < -0.39 is 0 Å². The molecule has 7 nitrogen and oxygen atoms in total. The molecule has 0 atom stereocenters. The Labute approximate surface area is 173 Å². The van der Waals surface area contributed by atoms with Crippen molar-refractivity contribution >= 4 is 28.7 Å². The second-order valence-electron chi connectivity index (χ2n) is 6.82. The summed E-state index contributed by atoms with van der Waals surface area (Å²) in [5.41, 5.74) is 8.35. The number of para-hydroxylation sites is 3. The van der Waals surface area contributed by atoms with Crippen molar-refractivity contribution in [3.05, 3.63) is 64.7 Å². The van der Waals surface area contributed by atoms with Crippen LogP contribution in [0.4, 0.5) is 5.82 Å². The fraction of sp³-hybridized carbons (Fsp3) is 0.174. The Bertz CT molecular complexity index is 1330. The van der Waals surface area contributed by atoms with E-state index in [0.29, 0.717) is 28.9 Å². The van der Waals surface area contributed by atoms with Gasteiger partial charge >= 0.3 is 0 Å². The highest BCUT2D eigenvalue weighted by Crippen LogP contribution is 2.32. The van der Waals surface area contributed by atoms with Crippen molar-refractivity contribution in [2.24, 2.45) is 5.10 Å². The molecule has 2 N–H and O–H groups in total. The van der Waals surface area contributed by atoms with Crippen LogP contribution in [0.5, 0.6) is 11.5 Å². The number of anilines is 1. The summed E-state index contributed by atoms with van der Waals surface area (Å²) in [5.74, 6) is 1.15. The van der Waals surface area contributed by atoms with E-state index in [9.17, 15) is 10.4 Å². The Hall–Kier alpha value is -4.05. The third kappa shape index (κ3) is 2.99. The zero-order valence-corrected chi connectivity index (χ0v) is 17.0. The van der Waals surface area contributed by atoms with Gasteiger partial charge in [0, 0.05) is 5.56 Å². The first kappa shape index (κ1) is 19.3. The zero-order valence-electron chi connectivity index (χ0n) is 17.0. The number of nitriles is 1. The molecule has 7 heteroatoms. The minimum Gasteiger partial charge on any atom is -0.504 e. The molecule has 0 aliphatic carbocycles. The van der Waals surface area contributed by atoms with Gasteiger partial charge in [0.05, 0.1) is 29.9 Å². The Morgan fingerprint density at radius 1 is 1.27 bits per heavy atom. The van der Waals surface area contributed by atoms with Crippen LogP contribution >= 0.6 is 0 Å². The van der Waals surface area contributed by atoms with E-state index in [1.807, 2.05) is 42.5 Å². The number of pyridine rings is 1. The van der Waals surface area contributed by atoms with Crippen LogP contribution in [0.3, 0.4) is 0 Å². The van der Waals surface area contributed by atoms with Gasteiger partial charge in [0.25, 0.3) is 0 Å². The van der Waals surface area contributed by atoms with Crippen molar-refractivity contribution in [3.63, 3.8) is 0 Å². The summed E-state index contributed by atoms with van der Waals surface area (Å²) in [7, 11) is 1.50. The number of methoxy groups -OCH3 is 1. The number of aromatic nitrogens is 2. The molecule has 2 aromatic heterocycles. The van der Waals surface area contributed by atoms with Crippen molar-refractivity contribution < 1.29 is 9.84 Å². The van der Waals surface area contributed by atoms with E-state index in [4.69, 9.17) is 4.74 Å². The molecule has 2 aromatic carbocycles. The second-order valence-corrected chi connectivity index (χ2v) is 6.82. The van der Waals surface area contributed by atoms with Crippen LogP contribution in [-0.4, -0.2) is 27.8 Å². The molecule has 0 amide bonds. The molecular formula is C23H21N5O2. The summed E-state index contributed by atoms with van der Waals surface area (Å²) in [5, 5.41) is 24.4. The number of phenols is 1. The summed E-state index contributed by atoms with van der Waals surface area (Å²) in [6.45, 7) is 3.97. The molecule has 0 fully saturated rings. The van der Waals surface area contributed by atoms with Crippen molar-refractivity contribution in [2.45, 2.75) is 20.3 Å². The monoisotopic (exact) mass is 399 g/mol. The van der Waals surface area contributed by atoms with Crippen LogP contribution in [-0.2, 0) is 6.42 Å². The SMILES string of the molecule is CCc1c(C)c(C#N)c2nc3ccccc3n2c1N/N=C\c1cccc(OC)c1O. The minimum atomic E-state index is 0.0236. The molecule has 0 saturated heterocycles. The summed E-state index contributed by atoms with van der Waals surface area (Å²) in [4.78, 5) is 4.68. The number of hydrazone groups is 1. The van der Waals surface area contributed by atoms with Gasteiger partial charge in [-0.15, -0.1) is 0 Å². The molecule has 30 heavy (non-hydrogen) atoms. The molecule has 0 spiro atoms. The first-order chi connectivity index (χ1) is 14.6. The zero-order chi connectivity index (χ0) is 21.3. The van der Waals surface area contributed by atoms with E-state index in [-0.39, 0.29) is 5.75 Å². The highest BCUT2D eigenvalue weighted by molar-refractivity contribution is 5.87. The number of aromatic hydroxyl groups is 1. The first-order valence-electron chi connectivity index (χ1n) is 9.58. The molecule has 2 heterocycles. The fourth-order valence-corrected chi connectivity index (χ4v) is 3.71. The number of fused-ring (bicyclic) bond motifs is 3. The number of hydrogen-bond acceptors (Lipinski definition) is 6. The average Bonchev–Trinajstić information content (AvgIpc) is 3.14. The van der Waals surface area contributed by atoms with E-state index in [0.717, 1.165) is 28.0 Å². The summed E-state index contributed by atoms with van der Waals surface area (Å²) in [6, 6.07) is 15.3. The highest BCUT2D eigenvalue weighted by atomic mass is 16.5. The van der Waals surface area contributed by atoms with Crippen LogP contribution < -0.4 is 10.2 Å². The van der Waals surface area contributed by atoms with Crippen LogP contribution in [0, 0.1) is 18.3 Å². The fourth-order valence-electron chi connectivity index (χ4n) is 3.71. The lowest BCUT2D eigenvalue weighted by molar-refractivity contribution is 0.373. The number of rotatable bonds is 5. The molecule has 0 unspecified atom stereocenters. The molecular weight excluding hydrogens is 378 g/mol. The van der Waals surface area contributed by atoms with Gasteiger partial charge in [0.2, 0.25) is 0 Å². The van der Waals surface area contributed by atoms with Crippen LogP contribution in [0.15, 0.2) is 47.6 Å². The second kappa shape index (κ2) is 7.76. The van der Waals surface area contributed by atoms with E-state index in [1.165, 1.54) is 13.3 Å². The largest absolute Gasteiger partial charge is 0.504 e. The summed E-state index contributed by atoms with van der Waals surface area (Å²) in [6.07, 6.45) is 2.25. The Balaban J connectivity index is 1.89. The van der Waals surface area contributed by atoms with Gasteiger partial charge in [-0.3, -0.25) is 9.83 Å². The van der Waals surface area contributed by atoms with Crippen LogP contribution in [0.2, 0.25) is 0 Å². The maximum absolute atomic E-state index is 10.3. The molecule has 4 aromatic rings. The van der Waals surface area contributed by atoms with E-state index in [2.05, 4.69) is 21.6 Å². The number of benzene rings is 2. The molecule has 0 radical (unpaired) electrons. The lowest BCUT2D eigenvalue weighted by atomic mass is 10.0. The first-order valence-corrected chi connectivity index (χ1v) is 9.58. The smallest absolute Gasteiger partial charge is 0.166 e. The molecule has 4 rings (SSSR count). The average molecular weight is 399 g/mol. The molecule has 0 saturated carbocycles. The molecule has 0 aliphatic heterocycles. The lowest BCUT2D eigenvalue weighted by Gasteiger charge is -2.15. The number of nitrogens with zero attached hydrogens (tertiary/aromatic N) is 4. The predicted molar refractivity (Wildman–Crippen MR) is 117 cm³/mol. The molecule has 150 valence electrons.